The molecule has 0 aromatic carbocycles. The van der Waals surface area contributed by atoms with E-state index in [4.69, 9.17) is 14.2 Å². The SMILES string of the molecule is CC\C=C/C=C\C=C/C=C\CCCCCCCC(=O)OC(COC(=O)CCCC/C=C\C/C=C\C/C=C\CC)COC(=O)CCCCCCC\C=C/C=C\C=C/C=C\CCCCC. The number of carbonyl (C=O) groups excluding carboxylic acids is 3. The maximum Gasteiger partial charge on any atom is 0.306 e. The molecule has 6 nitrogen and oxygen atoms in total. The maximum absolute atomic E-state index is 12.8. The Bertz CT molecular complexity index is 1420. The van der Waals surface area contributed by atoms with Gasteiger partial charge in [-0.3, -0.25) is 14.4 Å². The lowest BCUT2D eigenvalue weighted by molar-refractivity contribution is -0.167. The molecule has 63 heavy (non-hydrogen) atoms. The Morgan fingerprint density at radius 2 is 0.698 bits per heavy atom. The zero-order valence-corrected chi connectivity index (χ0v) is 40.0. The van der Waals surface area contributed by atoms with Gasteiger partial charge >= 0.3 is 17.9 Å². The quantitative estimate of drug-likeness (QED) is 0.0200. The molecule has 0 rings (SSSR count). The number of hydrogen-bond acceptors (Lipinski definition) is 6. The van der Waals surface area contributed by atoms with Crippen molar-refractivity contribution < 1.29 is 28.6 Å². The van der Waals surface area contributed by atoms with Crippen molar-refractivity contribution in [2.75, 3.05) is 13.2 Å². The van der Waals surface area contributed by atoms with E-state index in [1.807, 2.05) is 24.3 Å². The van der Waals surface area contributed by atoms with Gasteiger partial charge in [0.05, 0.1) is 0 Å². The number of hydrogen-bond donors (Lipinski definition) is 0. The minimum Gasteiger partial charge on any atom is -0.462 e. The Balaban J connectivity index is 4.55. The lowest BCUT2D eigenvalue weighted by Gasteiger charge is -2.18. The fraction of sp³-hybridized carbons (Fsp3) is 0.561. The zero-order chi connectivity index (χ0) is 45.8. The zero-order valence-electron chi connectivity index (χ0n) is 40.0. The van der Waals surface area contributed by atoms with Gasteiger partial charge in [-0.2, -0.15) is 0 Å². The van der Waals surface area contributed by atoms with E-state index in [-0.39, 0.29) is 37.5 Å². The summed E-state index contributed by atoms with van der Waals surface area (Å²) in [5.74, 6) is -1.01. The molecule has 0 saturated carbocycles. The number of unbranched alkanes of at least 4 members (excludes halogenated alkanes) is 15. The lowest BCUT2D eigenvalue weighted by Crippen LogP contribution is -2.30. The third-order valence-electron chi connectivity index (χ3n) is 9.81. The molecule has 0 N–H and O–H groups in total. The molecule has 1 unspecified atom stereocenters. The van der Waals surface area contributed by atoms with Crippen molar-refractivity contribution in [3.8, 4) is 0 Å². The summed E-state index contributed by atoms with van der Waals surface area (Å²) in [5.41, 5.74) is 0. The number of esters is 3. The minimum atomic E-state index is -0.820. The van der Waals surface area contributed by atoms with Crippen LogP contribution in [0.1, 0.15) is 188 Å². The summed E-state index contributed by atoms with van der Waals surface area (Å²) in [7, 11) is 0. The second-order valence-corrected chi connectivity index (χ2v) is 15.8. The Morgan fingerprint density at radius 1 is 0.349 bits per heavy atom. The smallest absolute Gasteiger partial charge is 0.306 e. The van der Waals surface area contributed by atoms with E-state index in [0.29, 0.717) is 19.3 Å². The molecule has 0 spiro atoms. The summed E-state index contributed by atoms with van der Waals surface area (Å²) in [6.45, 7) is 6.24. The van der Waals surface area contributed by atoms with E-state index in [1.165, 1.54) is 19.3 Å². The maximum atomic E-state index is 12.8. The van der Waals surface area contributed by atoms with Gasteiger partial charge in [0.2, 0.25) is 0 Å². The molecule has 0 aromatic heterocycles. The second-order valence-electron chi connectivity index (χ2n) is 15.8. The predicted octanol–water partition coefficient (Wildman–Crippen LogP) is 16.3. The van der Waals surface area contributed by atoms with E-state index >= 15 is 0 Å². The molecule has 6 heteroatoms. The van der Waals surface area contributed by atoms with Crippen LogP contribution in [0.15, 0.2) is 134 Å². The van der Waals surface area contributed by atoms with Crippen LogP contribution < -0.4 is 0 Å². The summed E-state index contributed by atoms with van der Waals surface area (Å²) < 4.78 is 16.7. The van der Waals surface area contributed by atoms with Crippen LogP contribution in [-0.2, 0) is 28.6 Å². The van der Waals surface area contributed by atoms with E-state index in [0.717, 1.165) is 122 Å². The fourth-order valence-corrected chi connectivity index (χ4v) is 6.12. The van der Waals surface area contributed by atoms with Crippen LogP contribution in [0.5, 0.6) is 0 Å². The van der Waals surface area contributed by atoms with Crippen LogP contribution in [0.3, 0.4) is 0 Å². The highest BCUT2D eigenvalue weighted by Gasteiger charge is 2.19. The van der Waals surface area contributed by atoms with Crippen molar-refractivity contribution in [2.24, 2.45) is 0 Å². The van der Waals surface area contributed by atoms with Crippen molar-refractivity contribution in [2.45, 2.75) is 194 Å². The Labute approximate surface area is 385 Å². The van der Waals surface area contributed by atoms with Gasteiger partial charge < -0.3 is 14.2 Å². The standard InChI is InChI=1S/C57H88O6/c1-4-7-10-13-16-19-22-25-27-28-29-31-32-35-38-41-44-47-50-56(59)62-53-54(52-61-55(58)49-46-43-40-37-34-24-21-18-15-12-9-6-3)63-57(60)51-48-45-42-39-36-33-30-26-23-20-17-14-11-8-5-2/h8-9,11-12,14,16-23,25-31,34,37,54H,4-7,10,13,15,24,32-33,35-36,38-53H2,1-3H3/b11-8-,12-9-,17-14-,19-16-,21-18-,23-20-,25-22-,28-27-,30-26-,31-29-,37-34-. The highest BCUT2D eigenvalue weighted by Crippen LogP contribution is 2.12. The summed E-state index contributed by atoms with van der Waals surface area (Å²) in [5, 5.41) is 0. The molecule has 0 saturated heterocycles. The lowest BCUT2D eigenvalue weighted by atomic mass is 10.1. The molecule has 0 radical (unpaired) electrons. The van der Waals surface area contributed by atoms with Gasteiger partial charge in [0.15, 0.2) is 6.10 Å². The normalized spacial score (nSPS) is 13.3. The van der Waals surface area contributed by atoms with Gasteiger partial charge in [0, 0.05) is 19.3 Å². The fourth-order valence-electron chi connectivity index (χ4n) is 6.12. The largest absolute Gasteiger partial charge is 0.462 e. The molecule has 0 heterocycles. The molecule has 0 aliphatic rings. The summed E-state index contributed by atoms with van der Waals surface area (Å²) >= 11 is 0. The van der Waals surface area contributed by atoms with Crippen molar-refractivity contribution >= 4 is 17.9 Å². The first-order valence-corrected chi connectivity index (χ1v) is 24.8. The second kappa shape index (κ2) is 50.2. The van der Waals surface area contributed by atoms with E-state index < -0.39 is 6.10 Å². The van der Waals surface area contributed by atoms with E-state index in [9.17, 15) is 14.4 Å². The van der Waals surface area contributed by atoms with Gasteiger partial charge in [-0.05, 0) is 96.3 Å². The Morgan fingerprint density at radius 3 is 1.19 bits per heavy atom. The minimum absolute atomic E-state index is 0.118. The van der Waals surface area contributed by atoms with Gasteiger partial charge in [0.1, 0.15) is 13.2 Å². The van der Waals surface area contributed by atoms with Crippen molar-refractivity contribution in [3.05, 3.63) is 134 Å². The van der Waals surface area contributed by atoms with Crippen LogP contribution in [0.2, 0.25) is 0 Å². The molecule has 352 valence electrons. The van der Waals surface area contributed by atoms with Crippen LogP contribution >= 0.6 is 0 Å². The highest BCUT2D eigenvalue weighted by atomic mass is 16.6. The average molecular weight is 869 g/mol. The summed E-state index contributed by atoms with van der Waals surface area (Å²) in [6.07, 6.45) is 70.0. The number of rotatable bonds is 42. The number of allylic oxidation sites excluding steroid dienone is 22. The molecule has 1 atom stereocenters. The Hall–Kier alpha value is -4.45. The van der Waals surface area contributed by atoms with Gasteiger partial charge in [-0.1, -0.05) is 206 Å². The summed E-state index contributed by atoms with van der Waals surface area (Å²) in [6, 6.07) is 0. The molecule has 0 aliphatic heterocycles. The number of ether oxygens (including phenoxy) is 3. The topological polar surface area (TPSA) is 78.9 Å². The van der Waals surface area contributed by atoms with Crippen LogP contribution in [0.4, 0.5) is 0 Å². The molecule has 0 bridgehead atoms. The molecule has 0 amide bonds. The number of carbonyl (C=O) groups is 3. The Kier molecular flexibility index (Phi) is 46.7. The third kappa shape index (κ3) is 48.4. The van der Waals surface area contributed by atoms with Crippen LogP contribution in [0.25, 0.3) is 0 Å². The van der Waals surface area contributed by atoms with Crippen LogP contribution in [-0.4, -0.2) is 37.2 Å². The van der Waals surface area contributed by atoms with E-state index in [1.54, 1.807) is 0 Å². The average Bonchev–Trinajstić information content (AvgIpc) is 3.28. The van der Waals surface area contributed by atoms with Crippen molar-refractivity contribution in [1.82, 2.24) is 0 Å². The monoisotopic (exact) mass is 869 g/mol. The molecular weight excluding hydrogens is 781 g/mol. The third-order valence-corrected chi connectivity index (χ3v) is 9.81. The van der Waals surface area contributed by atoms with Gasteiger partial charge in [-0.15, -0.1) is 0 Å². The van der Waals surface area contributed by atoms with E-state index in [2.05, 4.69) is 130 Å². The molecule has 0 aliphatic carbocycles. The van der Waals surface area contributed by atoms with Crippen molar-refractivity contribution in [1.29, 1.82) is 0 Å². The first-order valence-electron chi connectivity index (χ1n) is 24.8. The van der Waals surface area contributed by atoms with Gasteiger partial charge in [-0.25, -0.2) is 0 Å². The van der Waals surface area contributed by atoms with Crippen molar-refractivity contribution in [3.63, 3.8) is 0 Å². The van der Waals surface area contributed by atoms with Crippen LogP contribution in [0, 0.1) is 0 Å². The predicted molar refractivity (Wildman–Crippen MR) is 269 cm³/mol. The molecule has 0 aromatic rings. The van der Waals surface area contributed by atoms with Gasteiger partial charge in [0.25, 0.3) is 0 Å². The summed E-state index contributed by atoms with van der Waals surface area (Å²) in [4.78, 5) is 37.9. The first-order chi connectivity index (χ1) is 31.0. The molecule has 0 fully saturated rings. The molecular formula is C57H88O6. The highest BCUT2D eigenvalue weighted by molar-refractivity contribution is 5.71. The first kappa shape index (κ1) is 58.6.